The van der Waals surface area contributed by atoms with Gasteiger partial charge >= 0.3 is 5.97 Å². The van der Waals surface area contributed by atoms with E-state index in [1.807, 2.05) is 31.2 Å². The zero-order chi connectivity index (χ0) is 16.1. The summed E-state index contributed by atoms with van der Waals surface area (Å²) in [5.74, 6) is -0.433. The number of rotatable bonds is 4. The van der Waals surface area contributed by atoms with Gasteiger partial charge in [0.2, 0.25) is 0 Å². The zero-order valence-electron chi connectivity index (χ0n) is 12.7. The number of carbonyl (C=O) groups excluding carboxylic acids is 1. The van der Waals surface area contributed by atoms with E-state index in [0.29, 0.717) is 16.9 Å². The monoisotopic (exact) mass is 300 g/mol. The first-order valence-corrected chi connectivity index (χ1v) is 6.75. The predicted octanol–water partition coefficient (Wildman–Crippen LogP) is 3.75. The van der Waals surface area contributed by atoms with Crippen LogP contribution in [0.2, 0.25) is 0 Å². The van der Waals surface area contributed by atoms with E-state index in [4.69, 9.17) is 9.47 Å². The van der Waals surface area contributed by atoms with Crippen LogP contribution in [0.15, 0.2) is 48.5 Å². The molecule has 3 nitrogen and oxygen atoms in total. The molecule has 0 unspecified atom stereocenters. The third-order valence-corrected chi connectivity index (χ3v) is 3.28. The van der Waals surface area contributed by atoms with Gasteiger partial charge in [0.15, 0.2) is 0 Å². The van der Waals surface area contributed by atoms with Crippen LogP contribution in [0.3, 0.4) is 0 Å². The number of halogens is 1. The highest BCUT2D eigenvalue weighted by atomic mass is 19.1. The van der Waals surface area contributed by atoms with Crippen molar-refractivity contribution in [2.45, 2.75) is 6.92 Å². The van der Waals surface area contributed by atoms with E-state index in [2.05, 4.69) is 0 Å². The summed E-state index contributed by atoms with van der Waals surface area (Å²) in [5.41, 5.74) is 2.91. The molecule has 0 radical (unpaired) electrons. The largest absolute Gasteiger partial charge is 0.496 e. The first-order chi connectivity index (χ1) is 10.5. The fourth-order valence-electron chi connectivity index (χ4n) is 2.12. The van der Waals surface area contributed by atoms with Gasteiger partial charge in [-0.15, -0.1) is 0 Å². The second kappa shape index (κ2) is 6.89. The van der Waals surface area contributed by atoms with E-state index in [1.54, 1.807) is 0 Å². The number of aryl methyl sites for hydroxylation is 1. The van der Waals surface area contributed by atoms with Crippen molar-refractivity contribution in [1.29, 1.82) is 0 Å². The van der Waals surface area contributed by atoms with Crippen LogP contribution in [0.25, 0.3) is 5.57 Å². The molecule has 2 rings (SSSR count). The highest BCUT2D eigenvalue weighted by Crippen LogP contribution is 2.32. The smallest absolute Gasteiger partial charge is 0.331 e. The number of carbonyl (C=O) groups is 1. The highest BCUT2D eigenvalue weighted by Gasteiger charge is 2.14. The molecule has 0 saturated carbocycles. The fraction of sp³-hybridized carbons (Fsp3) is 0.167. The Kier molecular flexibility index (Phi) is 4.94. The number of benzene rings is 2. The maximum Gasteiger partial charge on any atom is 0.331 e. The van der Waals surface area contributed by atoms with Crippen LogP contribution in [0.5, 0.6) is 5.75 Å². The molecule has 114 valence electrons. The third-order valence-electron chi connectivity index (χ3n) is 3.28. The molecule has 2 aromatic carbocycles. The van der Waals surface area contributed by atoms with Crippen LogP contribution >= 0.6 is 0 Å². The summed E-state index contributed by atoms with van der Waals surface area (Å²) in [7, 11) is 2.80. The van der Waals surface area contributed by atoms with Gasteiger partial charge < -0.3 is 9.47 Å². The number of esters is 1. The van der Waals surface area contributed by atoms with E-state index in [0.717, 1.165) is 11.1 Å². The number of ether oxygens (including phenoxy) is 2. The molecule has 0 aromatic heterocycles. The molecule has 0 fully saturated rings. The normalized spacial score (nSPS) is 11.2. The Balaban J connectivity index is 2.64. The Hall–Kier alpha value is -2.62. The second-order valence-corrected chi connectivity index (χ2v) is 4.79. The van der Waals surface area contributed by atoms with Gasteiger partial charge in [0.25, 0.3) is 0 Å². The van der Waals surface area contributed by atoms with E-state index in [9.17, 15) is 9.18 Å². The Labute approximate surface area is 129 Å². The summed E-state index contributed by atoms with van der Waals surface area (Å²) < 4.78 is 23.6. The molecular weight excluding hydrogens is 283 g/mol. The first-order valence-electron chi connectivity index (χ1n) is 6.75. The first kappa shape index (κ1) is 15.8. The van der Waals surface area contributed by atoms with E-state index in [-0.39, 0.29) is 0 Å². The molecule has 0 spiro atoms. The summed E-state index contributed by atoms with van der Waals surface area (Å²) in [5, 5.41) is 0. The molecule has 4 heteroatoms. The molecule has 0 heterocycles. The molecule has 0 atom stereocenters. The summed E-state index contributed by atoms with van der Waals surface area (Å²) in [6.45, 7) is 1.97. The lowest BCUT2D eigenvalue weighted by Gasteiger charge is -2.13. The van der Waals surface area contributed by atoms with Crippen molar-refractivity contribution < 1.29 is 18.7 Å². The summed E-state index contributed by atoms with van der Waals surface area (Å²) in [6.07, 6.45) is 1.34. The molecule has 22 heavy (non-hydrogen) atoms. The lowest BCUT2D eigenvalue weighted by molar-refractivity contribution is -0.134. The summed E-state index contributed by atoms with van der Waals surface area (Å²) in [6, 6.07) is 11.8. The van der Waals surface area contributed by atoms with Crippen molar-refractivity contribution >= 4 is 11.5 Å². The van der Waals surface area contributed by atoms with Gasteiger partial charge in [0.05, 0.1) is 14.2 Å². The second-order valence-electron chi connectivity index (χ2n) is 4.79. The maximum absolute atomic E-state index is 13.6. The van der Waals surface area contributed by atoms with Crippen LogP contribution in [-0.4, -0.2) is 20.2 Å². The van der Waals surface area contributed by atoms with E-state index >= 15 is 0 Å². The van der Waals surface area contributed by atoms with E-state index < -0.39 is 11.8 Å². The number of hydrogen-bond donors (Lipinski definition) is 0. The van der Waals surface area contributed by atoms with Crippen molar-refractivity contribution in [3.8, 4) is 5.75 Å². The minimum Gasteiger partial charge on any atom is -0.496 e. The number of hydrogen-bond acceptors (Lipinski definition) is 3. The van der Waals surface area contributed by atoms with Crippen LogP contribution in [-0.2, 0) is 9.53 Å². The van der Waals surface area contributed by atoms with Crippen molar-refractivity contribution in [1.82, 2.24) is 0 Å². The lowest BCUT2D eigenvalue weighted by Crippen LogP contribution is -2.00. The Bertz CT molecular complexity index is 703. The molecule has 0 saturated heterocycles. The van der Waals surface area contributed by atoms with Gasteiger partial charge in [-0.05, 0) is 36.3 Å². The maximum atomic E-state index is 13.6. The van der Waals surface area contributed by atoms with Gasteiger partial charge in [0, 0.05) is 11.6 Å². The van der Waals surface area contributed by atoms with Crippen LogP contribution in [0.4, 0.5) is 4.39 Å². The van der Waals surface area contributed by atoms with E-state index in [1.165, 1.54) is 38.5 Å². The Morgan fingerprint density at radius 3 is 2.36 bits per heavy atom. The summed E-state index contributed by atoms with van der Waals surface area (Å²) >= 11 is 0. The third kappa shape index (κ3) is 3.52. The highest BCUT2D eigenvalue weighted by molar-refractivity contribution is 5.97. The van der Waals surface area contributed by atoms with Gasteiger partial charge in [-0.3, -0.25) is 0 Å². The molecule has 0 bridgehead atoms. The predicted molar refractivity (Wildman–Crippen MR) is 83.2 cm³/mol. The fourth-order valence-corrected chi connectivity index (χ4v) is 2.12. The van der Waals surface area contributed by atoms with Gasteiger partial charge in [-0.25, -0.2) is 9.18 Å². The molecule has 2 aromatic rings. The topological polar surface area (TPSA) is 35.5 Å². The minimum absolute atomic E-state index is 0.404. The lowest BCUT2D eigenvalue weighted by atomic mass is 9.96. The molecule has 0 N–H and O–H groups in total. The average molecular weight is 300 g/mol. The Morgan fingerprint density at radius 1 is 1.09 bits per heavy atom. The molecule has 0 aliphatic heterocycles. The zero-order valence-corrected chi connectivity index (χ0v) is 12.7. The minimum atomic E-state index is -0.512. The van der Waals surface area contributed by atoms with Gasteiger partial charge in [-0.2, -0.15) is 0 Å². The van der Waals surface area contributed by atoms with Gasteiger partial charge in [-0.1, -0.05) is 29.8 Å². The molecule has 0 aliphatic rings. The molecular formula is C18H17FO3. The average Bonchev–Trinajstić information content (AvgIpc) is 2.53. The SMILES string of the molecule is COC(=O)/C=C(\c1ccc(C)cc1)c1cc(F)ccc1OC. The van der Waals surface area contributed by atoms with Gasteiger partial charge in [0.1, 0.15) is 11.6 Å². The number of methoxy groups -OCH3 is 2. The Morgan fingerprint density at radius 2 is 1.77 bits per heavy atom. The van der Waals surface area contributed by atoms with Crippen molar-refractivity contribution in [3.05, 3.63) is 71.0 Å². The van der Waals surface area contributed by atoms with Crippen LogP contribution < -0.4 is 4.74 Å². The van der Waals surface area contributed by atoms with Crippen molar-refractivity contribution in [2.75, 3.05) is 14.2 Å². The molecule has 0 aliphatic carbocycles. The van der Waals surface area contributed by atoms with Crippen molar-refractivity contribution in [2.24, 2.45) is 0 Å². The van der Waals surface area contributed by atoms with Crippen LogP contribution in [0, 0.1) is 12.7 Å². The molecule has 0 amide bonds. The van der Waals surface area contributed by atoms with Crippen molar-refractivity contribution in [3.63, 3.8) is 0 Å². The van der Waals surface area contributed by atoms with Crippen LogP contribution in [0.1, 0.15) is 16.7 Å². The standard InChI is InChI=1S/C18H17FO3/c1-12-4-6-13(7-5-12)15(11-18(20)22-3)16-10-14(19)8-9-17(16)21-2/h4-11H,1-3H3/b15-11+. The quantitative estimate of drug-likeness (QED) is 0.637. The summed E-state index contributed by atoms with van der Waals surface area (Å²) in [4.78, 5) is 11.7.